The SMILES string of the molecule is CCc1cc(O)c(F)cc1C1CCC2C(C1)NNC2c1nc2c([nH]1)CN(CCN(C)C(C)CC)CC2. The number of phenols is 1. The van der Waals surface area contributed by atoms with Gasteiger partial charge in [-0.15, -0.1) is 0 Å². The maximum atomic E-state index is 14.2. The third-order valence-electron chi connectivity index (χ3n) is 9.12. The van der Waals surface area contributed by atoms with Gasteiger partial charge in [-0.3, -0.25) is 10.3 Å². The molecule has 0 amide bonds. The highest BCUT2D eigenvalue weighted by atomic mass is 19.1. The Bertz CT molecular complexity index is 1060. The van der Waals surface area contributed by atoms with E-state index < -0.39 is 5.82 Å². The van der Waals surface area contributed by atoms with Gasteiger partial charge in [-0.05, 0) is 81.2 Å². The van der Waals surface area contributed by atoms with Crippen LogP contribution in [-0.4, -0.2) is 63.6 Å². The third-order valence-corrected chi connectivity index (χ3v) is 9.12. The summed E-state index contributed by atoms with van der Waals surface area (Å²) in [7, 11) is 2.23. The first-order chi connectivity index (χ1) is 17.4. The summed E-state index contributed by atoms with van der Waals surface area (Å²) < 4.78 is 14.2. The predicted molar refractivity (Wildman–Crippen MR) is 140 cm³/mol. The van der Waals surface area contributed by atoms with Crippen LogP contribution in [0.2, 0.25) is 0 Å². The highest BCUT2D eigenvalue weighted by Crippen LogP contribution is 2.44. The van der Waals surface area contributed by atoms with Crippen molar-refractivity contribution in [2.45, 2.75) is 89.9 Å². The minimum atomic E-state index is -0.513. The van der Waals surface area contributed by atoms with Crippen LogP contribution in [0.4, 0.5) is 4.39 Å². The van der Waals surface area contributed by atoms with E-state index in [0.29, 0.717) is 23.9 Å². The summed E-state index contributed by atoms with van der Waals surface area (Å²) in [6, 6.07) is 4.29. The van der Waals surface area contributed by atoms with Crippen molar-refractivity contribution < 1.29 is 9.50 Å². The van der Waals surface area contributed by atoms with Gasteiger partial charge in [-0.2, -0.15) is 0 Å². The Morgan fingerprint density at radius 3 is 2.86 bits per heavy atom. The summed E-state index contributed by atoms with van der Waals surface area (Å²) in [6.45, 7) is 10.8. The van der Waals surface area contributed by atoms with Crippen molar-refractivity contribution in [2.75, 3.05) is 26.7 Å². The molecule has 1 aliphatic carbocycles. The molecule has 1 saturated carbocycles. The highest BCUT2D eigenvalue weighted by Gasteiger charge is 2.43. The molecule has 4 N–H and O–H groups in total. The lowest BCUT2D eigenvalue weighted by Gasteiger charge is -2.33. The van der Waals surface area contributed by atoms with Crippen molar-refractivity contribution in [1.82, 2.24) is 30.6 Å². The number of fused-ring (bicyclic) bond motifs is 2. The molecule has 0 spiro atoms. The lowest BCUT2D eigenvalue weighted by Crippen LogP contribution is -2.39. The molecule has 5 unspecified atom stereocenters. The molecular formula is C28H43FN6O. The molecule has 5 rings (SSSR count). The Balaban J connectivity index is 1.22. The normalized spacial score (nSPS) is 27.3. The van der Waals surface area contributed by atoms with Crippen LogP contribution < -0.4 is 10.9 Å². The molecule has 2 fully saturated rings. The second-order valence-corrected chi connectivity index (χ2v) is 11.2. The monoisotopic (exact) mass is 498 g/mol. The van der Waals surface area contributed by atoms with E-state index in [4.69, 9.17) is 4.98 Å². The first-order valence-electron chi connectivity index (χ1n) is 13.9. The molecule has 3 heterocycles. The summed E-state index contributed by atoms with van der Waals surface area (Å²) in [5.74, 6) is 1.06. The van der Waals surface area contributed by atoms with Crippen molar-refractivity contribution in [1.29, 1.82) is 0 Å². The molecular weight excluding hydrogens is 455 g/mol. The number of aryl methyl sites for hydroxylation is 1. The number of imidazole rings is 1. The topological polar surface area (TPSA) is 79.4 Å². The minimum Gasteiger partial charge on any atom is -0.505 e. The van der Waals surface area contributed by atoms with Gasteiger partial charge in [0.25, 0.3) is 0 Å². The molecule has 7 nitrogen and oxygen atoms in total. The molecule has 0 radical (unpaired) electrons. The average Bonchev–Trinajstić information content (AvgIpc) is 3.51. The fraction of sp³-hybridized carbons (Fsp3) is 0.679. The fourth-order valence-electron chi connectivity index (χ4n) is 6.46. The molecule has 5 atom stereocenters. The van der Waals surface area contributed by atoms with Crippen LogP contribution in [0.5, 0.6) is 5.75 Å². The van der Waals surface area contributed by atoms with Crippen LogP contribution in [0.15, 0.2) is 12.1 Å². The second-order valence-electron chi connectivity index (χ2n) is 11.2. The second kappa shape index (κ2) is 10.8. The number of aromatic amines is 1. The summed E-state index contributed by atoms with van der Waals surface area (Å²) in [4.78, 5) is 13.7. The van der Waals surface area contributed by atoms with Crippen LogP contribution >= 0.6 is 0 Å². The lowest BCUT2D eigenvalue weighted by molar-refractivity contribution is 0.182. The zero-order chi connectivity index (χ0) is 25.4. The quantitative estimate of drug-likeness (QED) is 0.441. The van der Waals surface area contributed by atoms with Crippen LogP contribution in [0.1, 0.15) is 86.8 Å². The third kappa shape index (κ3) is 5.05. The summed E-state index contributed by atoms with van der Waals surface area (Å²) in [5.41, 5.74) is 11.7. The van der Waals surface area contributed by atoms with E-state index in [1.165, 1.54) is 17.8 Å². The lowest BCUT2D eigenvalue weighted by atomic mass is 9.73. The zero-order valence-electron chi connectivity index (χ0n) is 22.3. The Kier molecular flexibility index (Phi) is 7.67. The minimum absolute atomic E-state index is 0.175. The maximum absolute atomic E-state index is 14.2. The number of H-pyrrole nitrogens is 1. The molecule has 1 aromatic heterocycles. The molecule has 1 aromatic carbocycles. The van der Waals surface area contributed by atoms with Crippen molar-refractivity contribution in [3.05, 3.63) is 46.3 Å². The van der Waals surface area contributed by atoms with E-state index in [9.17, 15) is 9.50 Å². The molecule has 1 saturated heterocycles. The van der Waals surface area contributed by atoms with E-state index in [1.807, 2.05) is 0 Å². The van der Waals surface area contributed by atoms with E-state index >= 15 is 0 Å². The number of halogens is 1. The van der Waals surface area contributed by atoms with Crippen LogP contribution in [-0.2, 0) is 19.4 Å². The summed E-state index contributed by atoms with van der Waals surface area (Å²) >= 11 is 0. The van der Waals surface area contributed by atoms with Gasteiger partial charge in [0, 0.05) is 44.7 Å². The van der Waals surface area contributed by atoms with Gasteiger partial charge < -0.3 is 15.0 Å². The predicted octanol–water partition coefficient (Wildman–Crippen LogP) is 4.01. The summed E-state index contributed by atoms with van der Waals surface area (Å²) in [5, 5.41) is 9.82. The fourth-order valence-corrected chi connectivity index (χ4v) is 6.46. The summed E-state index contributed by atoms with van der Waals surface area (Å²) in [6.07, 6.45) is 6.03. The van der Waals surface area contributed by atoms with Gasteiger partial charge in [-0.25, -0.2) is 14.8 Å². The van der Waals surface area contributed by atoms with Gasteiger partial charge in [0.05, 0.1) is 17.4 Å². The van der Waals surface area contributed by atoms with E-state index in [-0.39, 0.29) is 11.8 Å². The van der Waals surface area contributed by atoms with E-state index in [0.717, 1.165) is 75.2 Å². The number of likely N-dealkylation sites (N-methyl/N-ethyl adjacent to an activating group) is 1. The molecule has 2 aromatic rings. The number of hydrazine groups is 1. The zero-order valence-corrected chi connectivity index (χ0v) is 22.3. The number of hydrogen-bond donors (Lipinski definition) is 4. The van der Waals surface area contributed by atoms with E-state index in [1.54, 1.807) is 12.1 Å². The number of aromatic hydroxyl groups is 1. The molecule has 198 valence electrons. The molecule has 3 aliphatic rings. The number of nitrogens with zero attached hydrogens (tertiary/aromatic N) is 3. The molecule has 0 bridgehead atoms. The van der Waals surface area contributed by atoms with Gasteiger partial charge in [0.15, 0.2) is 11.6 Å². The van der Waals surface area contributed by atoms with Crippen LogP contribution in [0, 0.1) is 11.7 Å². The number of benzene rings is 1. The largest absolute Gasteiger partial charge is 0.505 e. The standard InChI is InChI=1S/C28H43FN6O/c1-5-17(3)34(4)11-12-35-10-9-23-25(16-35)31-28(30-23)27-20-8-7-19(13-24(20)32-33-27)21-15-22(29)26(36)14-18(21)6-2/h14-15,17,19-20,24,27,32-33,36H,5-13,16H2,1-4H3,(H,30,31). The highest BCUT2D eigenvalue weighted by molar-refractivity contribution is 5.39. The van der Waals surface area contributed by atoms with Gasteiger partial charge >= 0.3 is 0 Å². The number of hydrogen-bond acceptors (Lipinski definition) is 6. The average molecular weight is 499 g/mol. The number of nitrogens with one attached hydrogen (secondary N) is 3. The first-order valence-corrected chi connectivity index (χ1v) is 13.9. The van der Waals surface area contributed by atoms with Gasteiger partial charge in [-0.1, -0.05) is 13.8 Å². The Morgan fingerprint density at radius 1 is 1.25 bits per heavy atom. The van der Waals surface area contributed by atoms with Gasteiger partial charge in [0.2, 0.25) is 0 Å². The Hall–Kier alpha value is -2.00. The molecule has 36 heavy (non-hydrogen) atoms. The molecule has 2 aliphatic heterocycles. The first kappa shape index (κ1) is 25.6. The Labute approximate surface area is 214 Å². The number of phenolic OH excluding ortho intramolecular Hbond substituents is 1. The van der Waals surface area contributed by atoms with Crippen molar-refractivity contribution in [3.63, 3.8) is 0 Å². The number of aromatic nitrogens is 2. The van der Waals surface area contributed by atoms with Crippen LogP contribution in [0.3, 0.4) is 0 Å². The van der Waals surface area contributed by atoms with Crippen molar-refractivity contribution in [3.8, 4) is 5.75 Å². The maximum Gasteiger partial charge on any atom is 0.165 e. The van der Waals surface area contributed by atoms with Crippen LogP contribution in [0.25, 0.3) is 0 Å². The smallest absolute Gasteiger partial charge is 0.165 e. The van der Waals surface area contributed by atoms with Crippen molar-refractivity contribution in [2.24, 2.45) is 5.92 Å². The number of rotatable bonds is 8. The van der Waals surface area contributed by atoms with Crippen molar-refractivity contribution >= 4 is 0 Å². The van der Waals surface area contributed by atoms with Gasteiger partial charge in [0.1, 0.15) is 5.82 Å². The molecule has 8 heteroatoms. The van der Waals surface area contributed by atoms with E-state index in [2.05, 4.69) is 53.5 Å². The Morgan fingerprint density at radius 2 is 2.08 bits per heavy atom.